The lowest BCUT2D eigenvalue weighted by molar-refractivity contribution is -0.166. The Labute approximate surface area is 160 Å². The van der Waals surface area contributed by atoms with Gasteiger partial charge in [-0.1, -0.05) is 48.5 Å². The van der Waals surface area contributed by atoms with Crippen LogP contribution in [0.2, 0.25) is 0 Å². The molecule has 5 nitrogen and oxygen atoms in total. The molecule has 4 rings (SSSR count). The van der Waals surface area contributed by atoms with Gasteiger partial charge in [-0.15, -0.1) is 10.2 Å². The van der Waals surface area contributed by atoms with E-state index >= 15 is 0 Å². The van der Waals surface area contributed by atoms with Crippen LogP contribution in [0.5, 0.6) is 0 Å². The van der Waals surface area contributed by atoms with Gasteiger partial charge in [0.25, 0.3) is 0 Å². The molecule has 0 saturated heterocycles. The second-order valence-corrected chi connectivity index (χ2v) is 7.14. The van der Waals surface area contributed by atoms with Crippen LogP contribution in [0.15, 0.2) is 69.0 Å². The molecule has 146 valence electrons. The molecule has 0 atom stereocenters. The summed E-state index contributed by atoms with van der Waals surface area (Å²) in [4.78, 5) is 0. The number of nitrogens with zero attached hydrogens (tertiary/aromatic N) is 4. The van der Waals surface area contributed by atoms with Gasteiger partial charge >= 0.3 is 11.8 Å². The normalized spacial score (nSPS) is 18.3. The van der Waals surface area contributed by atoms with E-state index in [1.807, 2.05) is 19.1 Å². The number of alkyl halides is 3. The molecule has 2 heterocycles. The van der Waals surface area contributed by atoms with Crippen molar-refractivity contribution in [3.05, 3.63) is 70.8 Å². The van der Waals surface area contributed by atoms with E-state index in [-0.39, 0.29) is 11.2 Å². The van der Waals surface area contributed by atoms with Gasteiger partial charge in [-0.3, -0.25) is 0 Å². The van der Waals surface area contributed by atoms with E-state index in [2.05, 4.69) is 32.6 Å². The summed E-state index contributed by atoms with van der Waals surface area (Å²) in [5.74, 6) is 0. The quantitative estimate of drug-likeness (QED) is 0.539. The summed E-state index contributed by atoms with van der Waals surface area (Å²) in [6, 6.07) is 14.3. The van der Waals surface area contributed by atoms with E-state index in [0.717, 1.165) is 24.0 Å². The summed E-state index contributed by atoms with van der Waals surface area (Å²) in [6.07, 6.45) is -2.75. The van der Waals surface area contributed by atoms with E-state index in [4.69, 9.17) is 4.74 Å². The smallest absolute Gasteiger partial charge is 0.377 e. The molecule has 0 bridgehead atoms. The molecule has 0 N–H and O–H groups in total. The van der Waals surface area contributed by atoms with Gasteiger partial charge in [-0.25, -0.2) is 0 Å². The molecule has 8 heteroatoms. The Morgan fingerprint density at radius 2 is 1.39 bits per heavy atom. The van der Waals surface area contributed by atoms with Crippen LogP contribution in [0.4, 0.5) is 13.2 Å². The van der Waals surface area contributed by atoms with Gasteiger partial charge in [0.2, 0.25) is 5.66 Å². The number of hydrogen-bond donors (Lipinski definition) is 0. The Balaban J connectivity index is 1.19. The van der Waals surface area contributed by atoms with Crippen molar-refractivity contribution in [1.29, 1.82) is 0 Å². The fourth-order valence-corrected chi connectivity index (χ4v) is 3.02. The van der Waals surface area contributed by atoms with Crippen molar-refractivity contribution >= 4 is 0 Å². The van der Waals surface area contributed by atoms with E-state index in [0.29, 0.717) is 13.2 Å². The number of hydrogen-bond acceptors (Lipinski definition) is 5. The molecule has 0 unspecified atom stereocenters. The van der Waals surface area contributed by atoms with E-state index < -0.39 is 11.8 Å². The summed E-state index contributed by atoms with van der Waals surface area (Å²) in [6.45, 7) is 2.90. The standard InChI is InChI=1S/C20H19F3N4O/c1-18(24-25-18)16-8-4-14(5-9-16)3-2-12-28-13-15-6-10-17(11-7-15)19(26-27-19)20(21,22)23/h4-11H,2-3,12-13H2,1H3. The Morgan fingerprint density at radius 3 is 1.93 bits per heavy atom. The first-order valence-electron chi connectivity index (χ1n) is 9.04. The fraction of sp³-hybridized carbons (Fsp3) is 0.400. The molecule has 0 fully saturated rings. The number of aryl methyl sites for hydroxylation is 1. The third kappa shape index (κ3) is 3.69. The van der Waals surface area contributed by atoms with Crippen LogP contribution < -0.4 is 0 Å². The maximum Gasteiger partial charge on any atom is 0.442 e. The minimum atomic E-state index is -4.50. The zero-order chi connectivity index (χ0) is 19.8. The average molecular weight is 388 g/mol. The summed E-state index contributed by atoms with van der Waals surface area (Å²) in [7, 11) is 0. The van der Waals surface area contributed by atoms with E-state index in [1.54, 1.807) is 12.1 Å². The molecule has 2 aromatic carbocycles. The van der Waals surface area contributed by atoms with Crippen molar-refractivity contribution in [1.82, 2.24) is 0 Å². The first-order chi connectivity index (χ1) is 13.3. The first kappa shape index (κ1) is 18.7. The van der Waals surface area contributed by atoms with Crippen LogP contribution in [0.3, 0.4) is 0 Å². The lowest BCUT2D eigenvalue weighted by Gasteiger charge is -2.15. The Hall–Kier alpha value is -2.61. The molecule has 2 aromatic rings. The van der Waals surface area contributed by atoms with Crippen LogP contribution in [0.25, 0.3) is 0 Å². The van der Waals surface area contributed by atoms with Gasteiger partial charge in [0.1, 0.15) is 0 Å². The number of ether oxygens (including phenoxy) is 1. The highest BCUT2D eigenvalue weighted by Gasteiger charge is 2.65. The van der Waals surface area contributed by atoms with Gasteiger partial charge in [0.15, 0.2) is 0 Å². The lowest BCUT2D eigenvalue weighted by atomic mass is 10.0. The van der Waals surface area contributed by atoms with Crippen molar-refractivity contribution < 1.29 is 17.9 Å². The van der Waals surface area contributed by atoms with Crippen molar-refractivity contribution in [3.63, 3.8) is 0 Å². The molecular formula is C20H19F3N4O. The Morgan fingerprint density at radius 1 is 0.821 bits per heavy atom. The monoisotopic (exact) mass is 388 g/mol. The molecule has 0 radical (unpaired) electrons. The van der Waals surface area contributed by atoms with Crippen LogP contribution in [0, 0.1) is 0 Å². The molecule has 28 heavy (non-hydrogen) atoms. The summed E-state index contributed by atoms with van der Waals surface area (Å²) < 4.78 is 44.6. The van der Waals surface area contributed by atoms with Crippen LogP contribution >= 0.6 is 0 Å². The molecule has 2 aliphatic heterocycles. The van der Waals surface area contributed by atoms with Crippen molar-refractivity contribution in [2.24, 2.45) is 20.5 Å². The van der Waals surface area contributed by atoms with E-state index in [1.165, 1.54) is 17.7 Å². The third-order valence-corrected chi connectivity index (χ3v) is 4.98. The molecule has 2 aliphatic rings. The average Bonchev–Trinajstić information content (AvgIpc) is 3.58. The Bertz CT molecular complexity index is 893. The largest absolute Gasteiger partial charge is 0.442 e. The Kier molecular flexibility index (Phi) is 4.53. The van der Waals surface area contributed by atoms with Gasteiger partial charge in [0.05, 0.1) is 6.61 Å². The molecule has 0 spiro atoms. The second-order valence-electron chi connectivity index (χ2n) is 7.14. The van der Waals surface area contributed by atoms with Gasteiger partial charge < -0.3 is 4.74 Å². The highest BCUT2D eigenvalue weighted by molar-refractivity contribution is 5.32. The maximum atomic E-state index is 13.0. The maximum absolute atomic E-state index is 13.0. The zero-order valence-corrected chi connectivity index (χ0v) is 15.3. The zero-order valence-electron chi connectivity index (χ0n) is 15.3. The molecule has 0 aliphatic carbocycles. The van der Waals surface area contributed by atoms with Gasteiger partial charge in [-0.2, -0.15) is 23.4 Å². The van der Waals surface area contributed by atoms with Crippen molar-refractivity contribution in [3.8, 4) is 0 Å². The third-order valence-electron chi connectivity index (χ3n) is 4.98. The number of halogens is 3. The van der Waals surface area contributed by atoms with Gasteiger partial charge in [-0.05, 0) is 30.9 Å². The van der Waals surface area contributed by atoms with Crippen molar-refractivity contribution in [2.45, 2.75) is 43.9 Å². The lowest BCUT2D eigenvalue weighted by Crippen LogP contribution is -2.30. The topological polar surface area (TPSA) is 58.7 Å². The summed E-state index contributed by atoms with van der Waals surface area (Å²) >= 11 is 0. The first-order valence-corrected chi connectivity index (χ1v) is 9.04. The van der Waals surface area contributed by atoms with Crippen molar-refractivity contribution in [2.75, 3.05) is 6.61 Å². The number of benzene rings is 2. The van der Waals surface area contributed by atoms with E-state index in [9.17, 15) is 13.2 Å². The summed E-state index contributed by atoms with van der Waals surface area (Å²) in [5.41, 5.74) is 0.453. The predicted molar refractivity (Wildman–Crippen MR) is 95.7 cm³/mol. The SMILES string of the molecule is CC1(c2ccc(CCCOCc3ccc(C4(C(F)(F)F)N=N4)cc3)cc2)N=N1. The molecule has 0 aromatic heterocycles. The predicted octanol–water partition coefficient (Wildman–Crippen LogP) is 5.66. The minimum absolute atomic E-state index is 0.0350. The highest BCUT2D eigenvalue weighted by atomic mass is 19.4. The second kappa shape index (κ2) is 6.77. The van der Waals surface area contributed by atoms with Gasteiger partial charge in [0, 0.05) is 17.7 Å². The van der Waals surface area contributed by atoms with Crippen LogP contribution in [-0.4, -0.2) is 12.8 Å². The molecule has 0 saturated carbocycles. The fourth-order valence-electron chi connectivity index (χ4n) is 3.02. The molecule has 0 amide bonds. The van der Waals surface area contributed by atoms with Crippen LogP contribution in [0.1, 0.15) is 35.6 Å². The highest BCUT2D eigenvalue weighted by Crippen LogP contribution is 2.52. The minimum Gasteiger partial charge on any atom is -0.377 e. The summed E-state index contributed by atoms with van der Waals surface area (Å²) in [5, 5.41) is 14.4. The van der Waals surface area contributed by atoms with Crippen LogP contribution in [-0.2, 0) is 29.1 Å². The molecular weight excluding hydrogens is 369 g/mol. The number of rotatable bonds is 8.